The van der Waals surface area contributed by atoms with E-state index in [1.807, 2.05) is 0 Å². The van der Waals surface area contributed by atoms with E-state index in [1.165, 1.54) is 0 Å². The molecular formula is C11H21NO3. The molecule has 4 heteroatoms. The van der Waals surface area contributed by atoms with Gasteiger partial charge in [-0.25, -0.2) is 0 Å². The average molecular weight is 215 g/mol. The van der Waals surface area contributed by atoms with E-state index in [2.05, 4.69) is 19.2 Å². The number of carbonyl (C=O) groups is 1. The van der Waals surface area contributed by atoms with Crippen LogP contribution in [0.3, 0.4) is 0 Å². The lowest BCUT2D eigenvalue weighted by Crippen LogP contribution is -2.40. The minimum Gasteiger partial charge on any atom is -0.480 e. The molecule has 4 nitrogen and oxygen atoms in total. The highest BCUT2D eigenvalue weighted by molar-refractivity contribution is 5.68. The summed E-state index contributed by atoms with van der Waals surface area (Å²) in [5.41, 5.74) is 0.152. The number of aliphatic carboxylic acids is 1. The van der Waals surface area contributed by atoms with Crippen LogP contribution in [0.2, 0.25) is 0 Å². The maximum absolute atomic E-state index is 10.4. The summed E-state index contributed by atoms with van der Waals surface area (Å²) >= 11 is 0. The predicted octanol–water partition coefficient (Wildman–Crippen LogP) is 1.11. The maximum Gasteiger partial charge on any atom is 0.317 e. The summed E-state index contributed by atoms with van der Waals surface area (Å²) in [6, 6.07) is 0. The van der Waals surface area contributed by atoms with Crippen molar-refractivity contribution in [2.45, 2.75) is 26.7 Å². The molecule has 0 aliphatic carbocycles. The van der Waals surface area contributed by atoms with Crippen molar-refractivity contribution in [2.75, 3.05) is 26.3 Å². The molecule has 0 aromatic rings. The molecule has 1 fully saturated rings. The molecule has 0 spiro atoms. The molecule has 0 unspecified atom stereocenters. The molecule has 0 aromatic heterocycles. The Balaban J connectivity index is 2.32. The largest absolute Gasteiger partial charge is 0.480 e. The van der Waals surface area contributed by atoms with E-state index in [0.717, 1.165) is 32.6 Å². The molecule has 1 rings (SSSR count). The fourth-order valence-corrected chi connectivity index (χ4v) is 2.11. The second-order valence-corrected chi connectivity index (χ2v) is 4.87. The van der Waals surface area contributed by atoms with E-state index in [0.29, 0.717) is 5.92 Å². The van der Waals surface area contributed by atoms with Gasteiger partial charge in [-0.15, -0.1) is 0 Å². The third-order valence-corrected chi connectivity index (χ3v) is 3.18. The first kappa shape index (κ1) is 12.5. The quantitative estimate of drug-likeness (QED) is 0.721. The van der Waals surface area contributed by atoms with Crippen LogP contribution in [0, 0.1) is 11.3 Å². The van der Waals surface area contributed by atoms with E-state index >= 15 is 0 Å². The van der Waals surface area contributed by atoms with Crippen molar-refractivity contribution in [3.05, 3.63) is 0 Å². The van der Waals surface area contributed by atoms with Crippen LogP contribution in [-0.2, 0) is 9.53 Å². The molecule has 2 N–H and O–H groups in total. The van der Waals surface area contributed by atoms with Crippen molar-refractivity contribution in [3.8, 4) is 0 Å². The fraction of sp³-hybridized carbons (Fsp3) is 0.909. The molecule has 88 valence electrons. The van der Waals surface area contributed by atoms with Gasteiger partial charge in [0.15, 0.2) is 0 Å². The van der Waals surface area contributed by atoms with Crippen molar-refractivity contribution in [1.29, 1.82) is 0 Å². The summed E-state index contributed by atoms with van der Waals surface area (Å²) in [6.07, 6.45) is 2.17. The smallest absolute Gasteiger partial charge is 0.317 e. The first-order valence-electron chi connectivity index (χ1n) is 5.52. The monoisotopic (exact) mass is 215 g/mol. The Hall–Kier alpha value is -0.610. The topological polar surface area (TPSA) is 58.6 Å². The van der Waals surface area contributed by atoms with Crippen LogP contribution in [0.4, 0.5) is 0 Å². The first-order valence-corrected chi connectivity index (χ1v) is 5.52. The maximum atomic E-state index is 10.4. The normalized spacial score (nSPS) is 19.1. The number of rotatable bonds is 5. The van der Waals surface area contributed by atoms with Crippen molar-refractivity contribution in [2.24, 2.45) is 11.3 Å². The minimum atomic E-state index is -0.794. The van der Waals surface area contributed by atoms with Gasteiger partial charge in [0.2, 0.25) is 0 Å². The molecule has 0 atom stereocenters. The van der Waals surface area contributed by atoms with E-state index in [-0.39, 0.29) is 12.0 Å². The van der Waals surface area contributed by atoms with Crippen molar-refractivity contribution in [1.82, 2.24) is 5.32 Å². The summed E-state index contributed by atoms with van der Waals surface area (Å²) < 4.78 is 5.32. The molecule has 15 heavy (non-hydrogen) atoms. The van der Waals surface area contributed by atoms with E-state index < -0.39 is 5.97 Å². The van der Waals surface area contributed by atoms with Gasteiger partial charge in [0.1, 0.15) is 0 Å². The second kappa shape index (κ2) is 5.47. The number of carboxylic acids is 1. The number of hydrogen-bond acceptors (Lipinski definition) is 3. The summed E-state index contributed by atoms with van der Waals surface area (Å²) in [7, 11) is 0. The Bertz CT molecular complexity index is 210. The summed E-state index contributed by atoms with van der Waals surface area (Å²) in [5.74, 6) is -0.162. The molecule has 1 aliphatic heterocycles. The zero-order valence-corrected chi connectivity index (χ0v) is 9.58. The lowest BCUT2D eigenvalue weighted by atomic mass is 9.74. The average Bonchev–Trinajstić information content (AvgIpc) is 2.18. The Labute approximate surface area is 91.0 Å². The third-order valence-electron chi connectivity index (χ3n) is 3.18. The van der Waals surface area contributed by atoms with E-state index in [9.17, 15) is 4.79 Å². The summed E-state index contributed by atoms with van der Waals surface area (Å²) in [5, 5.41) is 11.5. The van der Waals surface area contributed by atoms with Gasteiger partial charge in [-0.2, -0.15) is 0 Å². The molecule has 0 radical (unpaired) electrons. The zero-order chi connectivity index (χ0) is 11.3. The van der Waals surface area contributed by atoms with Crippen LogP contribution >= 0.6 is 0 Å². The van der Waals surface area contributed by atoms with Crippen LogP contribution in [0.15, 0.2) is 0 Å². The van der Waals surface area contributed by atoms with Gasteiger partial charge >= 0.3 is 5.97 Å². The standard InChI is InChI=1S/C11H21NO3/c1-11(2,8-12-7-10(13)14)9-3-5-15-6-4-9/h9,12H,3-8H2,1-2H3,(H,13,14). The highest BCUT2D eigenvalue weighted by atomic mass is 16.5. The van der Waals surface area contributed by atoms with Crippen LogP contribution in [0.25, 0.3) is 0 Å². The lowest BCUT2D eigenvalue weighted by Gasteiger charge is -2.37. The number of nitrogens with one attached hydrogen (secondary N) is 1. The highest BCUT2D eigenvalue weighted by Gasteiger charge is 2.30. The van der Waals surface area contributed by atoms with Gasteiger partial charge in [0, 0.05) is 19.8 Å². The molecular weight excluding hydrogens is 194 g/mol. The second-order valence-electron chi connectivity index (χ2n) is 4.87. The van der Waals surface area contributed by atoms with Gasteiger partial charge in [-0.05, 0) is 24.2 Å². The Morgan fingerprint density at radius 2 is 2.07 bits per heavy atom. The van der Waals surface area contributed by atoms with Crippen LogP contribution < -0.4 is 5.32 Å². The third kappa shape index (κ3) is 4.18. The molecule has 0 amide bonds. The molecule has 1 heterocycles. The Morgan fingerprint density at radius 3 is 2.60 bits per heavy atom. The minimum absolute atomic E-state index is 0.0483. The SMILES string of the molecule is CC(C)(CNCC(=O)O)C1CCOCC1. The molecule has 0 saturated carbocycles. The fourth-order valence-electron chi connectivity index (χ4n) is 2.11. The molecule has 1 saturated heterocycles. The number of carboxylic acid groups (broad SMARTS) is 1. The predicted molar refractivity (Wildman–Crippen MR) is 57.8 cm³/mol. The van der Waals surface area contributed by atoms with Crippen molar-refractivity contribution >= 4 is 5.97 Å². The molecule has 1 aliphatic rings. The van der Waals surface area contributed by atoms with Gasteiger partial charge in [0.05, 0.1) is 6.54 Å². The van der Waals surface area contributed by atoms with Crippen LogP contribution in [-0.4, -0.2) is 37.4 Å². The zero-order valence-electron chi connectivity index (χ0n) is 9.58. The Kier molecular flexibility index (Phi) is 4.54. The number of ether oxygens (including phenoxy) is 1. The van der Waals surface area contributed by atoms with Gasteiger partial charge < -0.3 is 15.2 Å². The molecule has 0 bridgehead atoms. The highest BCUT2D eigenvalue weighted by Crippen LogP contribution is 2.33. The lowest BCUT2D eigenvalue weighted by molar-refractivity contribution is -0.136. The van der Waals surface area contributed by atoms with Crippen LogP contribution in [0.5, 0.6) is 0 Å². The van der Waals surface area contributed by atoms with Gasteiger partial charge in [-0.1, -0.05) is 13.8 Å². The van der Waals surface area contributed by atoms with Gasteiger partial charge in [0.25, 0.3) is 0 Å². The van der Waals surface area contributed by atoms with Gasteiger partial charge in [-0.3, -0.25) is 4.79 Å². The summed E-state index contributed by atoms with van der Waals surface area (Å²) in [4.78, 5) is 10.4. The van der Waals surface area contributed by atoms with Crippen LogP contribution in [0.1, 0.15) is 26.7 Å². The molecule has 0 aromatic carbocycles. The first-order chi connectivity index (χ1) is 7.02. The van der Waals surface area contributed by atoms with Crippen molar-refractivity contribution in [3.63, 3.8) is 0 Å². The van der Waals surface area contributed by atoms with E-state index in [1.54, 1.807) is 0 Å². The van der Waals surface area contributed by atoms with Crippen molar-refractivity contribution < 1.29 is 14.6 Å². The number of hydrogen-bond donors (Lipinski definition) is 2. The summed E-state index contributed by atoms with van der Waals surface area (Å²) in [6.45, 7) is 6.87. The van der Waals surface area contributed by atoms with E-state index in [4.69, 9.17) is 9.84 Å². The Morgan fingerprint density at radius 1 is 1.47 bits per heavy atom.